The molecule has 0 heterocycles. The molecule has 0 saturated heterocycles. The molecule has 0 fully saturated rings. The third-order valence-electron chi connectivity index (χ3n) is 3.67. The van der Waals surface area contributed by atoms with Crippen LogP contribution in [0.4, 0.5) is 0 Å². The van der Waals surface area contributed by atoms with Gasteiger partial charge in [0.1, 0.15) is 0 Å². The van der Waals surface area contributed by atoms with Crippen LogP contribution in [0.3, 0.4) is 0 Å². The molecule has 0 aliphatic heterocycles. The zero-order chi connectivity index (χ0) is 17.6. The average Bonchev–Trinajstić information content (AvgIpc) is 2.50. The van der Waals surface area contributed by atoms with Gasteiger partial charge in [0.2, 0.25) is 0 Å². The summed E-state index contributed by atoms with van der Waals surface area (Å²) in [6.45, 7) is 2.64. The second kappa shape index (κ2) is 33.4. The summed E-state index contributed by atoms with van der Waals surface area (Å²) in [4.78, 5) is 0. The van der Waals surface area contributed by atoms with Crippen LogP contribution < -0.4 is 59.1 Å². The Morgan fingerprint density at radius 2 is 1.12 bits per heavy atom. The van der Waals surface area contributed by atoms with Gasteiger partial charge in [-0.15, -0.1) is 0 Å². The van der Waals surface area contributed by atoms with E-state index in [-0.39, 0.29) is 62.0 Å². The number of hydrogen-bond donors (Lipinski definition) is 2. The van der Waals surface area contributed by atoms with Crippen molar-refractivity contribution in [3.63, 3.8) is 0 Å². The van der Waals surface area contributed by atoms with E-state index < -0.39 is 11.4 Å². The predicted octanol–water partition coefficient (Wildman–Crippen LogP) is -0.412. The molecular weight excluding hydrogens is 358 g/mol. The van der Waals surface area contributed by atoms with E-state index in [0.717, 1.165) is 6.42 Å². The van der Waals surface area contributed by atoms with Gasteiger partial charge in [-0.25, -0.2) is 4.21 Å². The Morgan fingerprint density at radius 3 is 1.48 bits per heavy atom. The van der Waals surface area contributed by atoms with Gasteiger partial charge in [0, 0.05) is 6.61 Å². The first kappa shape index (κ1) is 34.3. The van der Waals surface area contributed by atoms with Gasteiger partial charge >= 0.3 is 59.1 Å². The number of unbranched alkanes of at least 4 members (excludes halogenated alkanes) is 12. The molecule has 7 heteroatoms. The van der Waals surface area contributed by atoms with Crippen molar-refractivity contribution in [3.05, 3.63) is 12.2 Å². The predicted molar refractivity (Wildman–Crippen MR) is 100 cm³/mol. The van der Waals surface area contributed by atoms with Crippen LogP contribution in [0.1, 0.15) is 99.7 Å². The van der Waals surface area contributed by atoms with Crippen LogP contribution in [0.15, 0.2) is 12.2 Å². The van der Waals surface area contributed by atoms with E-state index in [1.807, 2.05) is 0 Å². The number of allylic oxidation sites excluding steroid dienone is 2. The summed E-state index contributed by atoms with van der Waals surface area (Å²) < 4.78 is 24.1. The fourth-order valence-corrected chi connectivity index (χ4v) is 2.36. The standard InChI is InChI=1S/C18H36O.2Na.H2O3S.2H/c1-2-3-4-5-6-7-8-9-10-11-12-13-14-15-16-17-18-19;;;1-4(2)3;;/h9-10,19H,2-8,11-18H2,1H3;;;(H2,1,2,3);;/q;2*+1;;2*-1/p-1/b10-9-;;;;;. The molecule has 0 bridgehead atoms. The minimum Gasteiger partial charge on any atom is -1.00 e. The Balaban J connectivity index is -0.000000125. The van der Waals surface area contributed by atoms with Crippen molar-refractivity contribution < 1.29 is 80.4 Å². The van der Waals surface area contributed by atoms with Crippen LogP contribution in [0.2, 0.25) is 0 Å². The molecule has 1 atom stereocenters. The number of aliphatic hydroxyl groups excluding tert-OH is 1. The van der Waals surface area contributed by atoms with Crippen LogP contribution in [0, 0.1) is 0 Å². The number of hydrogen-bond acceptors (Lipinski definition) is 3. The monoisotopic (exact) mass is 397 g/mol. The Kier molecular flexibility index (Phi) is 45.8. The molecule has 0 aromatic carbocycles. The van der Waals surface area contributed by atoms with Gasteiger partial charge in [-0.1, -0.05) is 76.9 Å². The molecule has 0 rings (SSSR count). The molecule has 4 nitrogen and oxygen atoms in total. The van der Waals surface area contributed by atoms with Gasteiger partial charge in [-0.2, -0.15) is 0 Å². The maximum Gasteiger partial charge on any atom is 1.00 e. The SMILES string of the molecule is CCCCCCCC/C=C\CCCCCCCCO.O=S([O-])O.[H-].[H-].[Na+].[Na+]. The fourth-order valence-electron chi connectivity index (χ4n) is 2.36. The average molecular weight is 398 g/mol. The first-order valence-corrected chi connectivity index (χ1v) is 10.2. The van der Waals surface area contributed by atoms with E-state index in [1.54, 1.807) is 0 Å². The smallest absolute Gasteiger partial charge is 1.00 e. The molecular formula is C18H39Na2O4S-. The Morgan fingerprint density at radius 1 is 0.800 bits per heavy atom. The first-order chi connectivity index (χ1) is 11.1. The Hall–Kier alpha value is 1.77. The quantitative estimate of drug-likeness (QED) is 0.170. The normalized spacial score (nSPS) is 11.2. The van der Waals surface area contributed by atoms with E-state index >= 15 is 0 Å². The van der Waals surface area contributed by atoms with Crippen molar-refractivity contribution >= 4 is 11.4 Å². The van der Waals surface area contributed by atoms with Crippen molar-refractivity contribution in [2.45, 2.75) is 96.8 Å². The molecule has 2 N–H and O–H groups in total. The molecule has 0 aliphatic carbocycles. The van der Waals surface area contributed by atoms with Crippen LogP contribution in [0.25, 0.3) is 0 Å². The summed E-state index contributed by atoms with van der Waals surface area (Å²) >= 11 is -2.86. The summed E-state index contributed by atoms with van der Waals surface area (Å²) in [5, 5.41) is 8.66. The van der Waals surface area contributed by atoms with Gasteiger partial charge in [-0.05, 0) is 32.1 Å². The van der Waals surface area contributed by atoms with E-state index in [0.29, 0.717) is 6.61 Å². The number of rotatable bonds is 15. The number of aliphatic hydroxyl groups is 1. The van der Waals surface area contributed by atoms with E-state index in [2.05, 4.69) is 19.1 Å². The molecule has 25 heavy (non-hydrogen) atoms. The summed E-state index contributed by atoms with van der Waals surface area (Å²) in [5.74, 6) is 0. The zero-order valence-corrected chi connectivity index (χ0v) is 21.7. The maximum absolute atomic E-state index is 8.66. The van der Waals surface area contributed by atoms with Crippen LogP contribution in [-0.4, -0.2) is 25.0 Å². The molecule has 1 unspecified atom stereocenters. The molecule has 0 radical (unpaired) electrons. The third-order valence-corrected chi connectivity index (χ3v) is 3.67. The Labute approximate surface area is 205 Å². The van der Waals surface area contributed by atoms with Crippen LogP contribution in [0.5, 0.6) is 0 Å². The molecule has 0 aliphatic rings. The zero-order valence-electron chi connectivity index (χ0n) is 18.9. The molecule has 0 spiro atoms. The largest absolute Gasteiger partial charge is 1.00 e. The summed E-state index contributed by atoms with van der Waals surface area (Å²) in [5.41, 5.74) is 0. The maximum atomic E-state index is 8.66. The third kappa shape index (κ3) is 46.1. The van der Waals surface area contributed by atoms with Crippen molar-refractivity contribution in [2.24, 2.45) is 0 Å². The van der Waals surface area contributed by atoms with E-state index in [4.69, 9.17) is 18.4 Å². The van der Waals surface area contributed by atoms with Gasteiger partial charge < -0.3 is 17.1 Å². The van der Waals surface area contributed by atoms with Gasteiger partial charge in [-0.3, -0.25) is 0 Å². The topological polar surface area (TPSA) is 80.6 Å². The molecule has 144 valence electrons. The van der Waals surface area contributed by atoms with Crippen molar-refractivity contribution in [2.75, 3.05) is 6.61 Å². The molecule has 0 aromatic heterocycles. The van der Waals surface area contributed by atoms with Crippen molar-refractivity contribution in [1.82, 2.24) is 0 Å². The van der Waals surface area contributed by atoms with E-state index in [9.17, 15) is 0 Å². The summed E-state index contributed by atoms with van der Waals surface area (Å²) in [6, 6.07) is 0. The summed E-state index contributed by atoms with van der Waals surface area (Å²) in [7, 11) is 0. The second-order valence-corrected chi connectivity index (χ2v) is 6.31. The van der Waals surface area contributed by atoms with Crippen LogP contribution >= 0.6 is 0 Å². The molecule has 0 amide bonds. The fraction of sp³-hybridized carbons (Fsp3) is 0.889. The minimum absolute atomic E-state index is 0. The minimum atomic E-state index is -2.86. The van der Waals surface area contributed by atoms with Crippen molar-refractivity contribution in [3.8, 4) is 0 Å². The summed E-state index contributed by atoms with van der Waals surface area (Å²) in [6.07, 6.45) is 23.2. The van der Waals surface area contributed by atoms with Gasteiger partial charge in [0.15, 0.2) is 0 Å². The molecule has 0 aromatic rings. The van der Waals surface area contributed by atoms with Gasteiger partial charge in [0.25, 0.3) is 0 Å². The van der Waals surface area contributed by atoms with E-state index in [1.165, 1.54) is 83.5 Å². The van der Waals surface area contributed by atoms with Crippen LogP contribution in [-0.2, 0) is 11.4 Å². The molecule has 0 saturated carbocycles. The van der Waals surface area contributed by atoms with Crippen molar-refractivity contribution in [1.29, 1.82) is 0 Å². The second-order valence-electron chi connectivity index (χ2n) is 5.88. The van der Waals surface area contributed by atoms with Gasteiger partial charge in [0.05, 0.1) is 11.4 Å². The Bertz CT molecular complexity index is 274. The first-order valence-electron chi connectivity index (χ1n) is 9.19.